The summed E-state index contributed by atoms with van der Waals surface area (Å²) in [7, 11) is 0. The maximum absolute atomic E-state index is 2.49. The van der Waals surface area contributed by atoms with Gasteiger partial charge in [0, 0.05) is 27.3 Å². The lowest BCUT2D eigenvalue weighted by molar-refractivity contribution is 0.573. The molecule has 0 amide bonds. The van der Waals surface area contributed by atoms with Crippen molar-refractivity contribution in [1.82, 2.24) is 4.57 Å². The van der Waals surface area contributed by atoms with E-state index < -0.39 is 10.8 Å². The standard InChI is InChI=1S/C49H41N.2C7H8.C6H6/c1-32-17-16-23-37(31-32)50-42-26-15-14-25-39(42)45-43(50)30-29-41-47(45)49(5,36-21-10-7-11-22-36)40-28-27-34(3)44(38-24-13-12-18-33(38)2)46(40)48(41,4)35-19-8-6-9-20-35;2*1-7-5-3-2-4-6-7;1-2-4-6-5-3-1/h6-31H,1-5H3;2*2-6H,1H3;1-6H. The topological polar surface area (TPSA) is 4.93 Å². The molecule has 11 aromatic rings. The fourth-order valence-electron chi connectivity index (χ4n) is 10.8. The highest BCUT2D eigenvalue weighted by atomic mass is 15.0. The van der Waals surface area contributed by atoms with E-state index in [1.165, 1.54) is 99.8 Å². The first-order valence-corrected chi connectivity index (χ1v) is 24.6. The number of fused-ring (bicyclic) bond motifs is 6. The molecule has 0 spiro atoms. The molecule has 0 saturated carbocycles. The second kappa shape index (κ2) is 20.7. The minimum absolute atomic E-state index is 0.440. The number of nitrogens with zero attached hydrogens (tertiary/aromatic N) is 1. The molecule has 1 heterocycles. The van der Waals surface area contributed by atoms with Crippen LogP contribution in [-0.4, -0.2) is 4.57 Å². The molecule has 1 heteroatoms. The molecule has 0 saturated heterocycles. The van der Waals surface area contributed by atoms with Gasteiger partial charge in [-0.15, -0.1) is 0 Å². The van der Waals surface area contributed by atoms with E-state index in [4.69, 9.17) is 0 Å². The molecular weight excluding hydrogens is 843 g/mol. The maximum atomic E-state index is 2.49. The van der Waals surface area contributed by atoms with Crippen LogP contribution in [0.1, 0.15) is 75.0 Å². The average Bonchev–Trinajstić information content (AvgIpc) is 3.74. The molecular formula is C69H63N. The second-order valence-corrected chi connectivity index (χ2v) is 19.0. The Morgan fingerprint density at radius 2 is 0.771 bits per heavy atom. The zero-order valence-corrected chi connectivity index (χ0v) is 41.7. The minimum Gasteiger partial charge on any atom is -0.309 e. The molecule has 0 aliphatic heterocycles. The largest absolute Gasteiger partial charge is 0.309 e. The molecule has 70 heavy (non-hydrogen) atoms. The van der Waals surface area contributed by atoms with E-state index in [0.29, 0.717) is 0 Å². The van der Waals surface area contributed by atoms with Gasteiger partial charge in [-0.2, -0.15) is 0 Å². The third kappa shape index (κ3) is 9.04. The molecule has 1 aliphatic rings. The van der Waals surface area contributed by atoms with Crippen LogP contribution in [0.4, 0.5) is 0 Å². The van der Waals surface area contributed by atoms with E-state index in [1.54, 1.807) is 0 Å². The molecule has 1 aliphatic carbocycles. The van der Waals surface area contributed by atoms with Crippen LogP contribution >= 0.6 is 0 Å². The molecule has 1 aromatic heterocycles. The summed E-state index contributed by atoms with van der Waals surface area (Å²) in [4.78, 5) is 0. The van der Waals surface area contributed by atoms with E-state index in [9.17, 15) is 0 Å². The molecule has 344 valence electrons. The average molecular weight is 906 g/mol. The van der Waals surface area contributed by atoms with Gasteiger partial charge < -0.3 is 4.57 Å². The molecule has 1 nitrogen and oxygen atoms in total. The number of para-hydroxylation sites is 1. The van der Waals surface area contributed by atoms with E-state index in [1.807, 2.05) is 72.8 Å². The Bertz CT molecular complexity index is 3420. The van der Waals surface area contributed by atoms with Gasteiger partial charge in [0.15, 0.2) is 0 Å². The van der Waals surface area contributed by atoms with Crippen molar-refractivity contribution in [3.8, 4) is 16.8 Å². The van der Waals surface area contributed by atoms with Gasteiger partial charge in [0.1, 0.15) is 0 Å². The summed E-state index contributed by atoms with van der Waals surface area (Å²) in [5.41, 5.74) is 20.0. The highest BCUT2D eigenvalue weighted by Gasteiger charge is 2.50. The first kappa shape index (κ1) is 47.1. The molecule has 0 fully saturated rings. The third-order valence-electron chi connectivity index (χ3n) is 14.3. The smallest absolute Gasteiger partial charge is 0.0544 e. The highest BCUT2D eigenvalue weighted by molar-refractivity contribution is 6.13. The molecule has 12 rings (SSSR count). The first-order chi connectivity index (χ1) is 34.1. The summed E-state index contributed by atoms with van der Waals surface area (Å²) < 4.78 is 2.48. The molecule has 0 radical (unpaired) electrons. The normalized spacial score (nSPS) is 15.5. The van der Waals surface area contributed by atoms with Crippen molar-refractivity contribution < 1.29 is 0 Å². The van der Waals surface area contributed by atoms with Crippen LogP contribution < -0.4 is 0 Å². The van der Waals surface area contributed by atoms with Crippen LogP contribution in [0, 0.1) is 34.6 Å². The lowest BCUT2D eigenvalue weighted by Crippen LogP contribution is -2.42. The lowest BCUT2D eigenvalue weighted by atomic mass is 9.53. The number of hydrogen-bond acceptors (Lipinski definition) is 0. The first-order valence-electron chi connectivity index (χ1n) is 24.6. The van der Waals surface area contributed by atoms with Crippen LogP contribution in [-0.2, 0) is 10.8 Å². The second-order valence-electron chi connectivity index (χ2n) is 19.0. The van der Waals surface area contributed by atoms with Crippen LogP contribution in [0.3, 0.4) is 0 Å². The minimum atomic E-state index is -0.452. The number of hydrogen-bond donors (Lipinski definition) is 0. The van der Waals surface area contributed by atoms with Crippen molar-refractivity contribution in [2.75, 3.05) is 0 Å². The third-order valence-corrected chi connectivity index (χ3v) is 14.3. The zero-order chi connectivity index (χ0) is 48.7. The van der Waals surface area contributed by atoms with Gasteiger partial charge in [0.25, 0.3) is 0 Å². The van der Waals surface area contributed by atoms with Gasteiger partial charge >= 0.3 is 0 Å². The Kier molecular flexibility index (Phi) is 13.9. The Morgan fingerprint density at radius 1 is 0.329 bits per heavy atom. The van der Waals surface area contributed by atoms with Gasteiger partial charge in [-0.05, 0) is 134 Å². The van der Waals surface area contributed by atoms with E-state index >= 15 is 0 Å². The summed E-state index contributed by atoms with van der Waals surface area (Å²) in [5.74, 6) is 0. The van der Waals surface area contributed by atoms with Crippen molar-refractivity contribution in [2.24, 2.45) is 0 Å². The predicted molar refractivity (Wildman–Crippen MR) is 300 cm³/mol. The Morgan fingerprint density at radius 3 is 1.30 bits per heavy atom. The summed E-state index contributed by atoms with van der Waals surface area (Å²) >= 11 is 0. The zero-order valence-electron chi connectivity index (χ0n) is 41.7. The van der Waals surface area contributed by atoms with E-state index in [-0.39, 0.29) is 0 Å². The number of aryl methyl sites for hydroxylation is 5. The van der Waals surface area contributed by atoms with Crippen molar-refractivity contribution in [3.05, 3.63) is 316 Å². The summed E-state index contributed by atoms with van der Waals surface area (Å²) in [5, 5.41) is 2.62. The van der Waals surface area contributed by atoms with Crippen LogP contribution in [0.25, 0.3) is 38.6 Å². The van der Waals surface area contributed by atoms with Crippen molar-refractivity contribution in [2.45, 2.75) is 59.3 Å². The Balaban J connectivity index is 0.000000251. The number of aromatic nitrogens is 1. The van der Waals surface area contributed by atoms with Gasteiger partial charge in [-0.25, -0.2) is 0 Å². The highest BCUT2D eigenvalue weighted by Crippen LogP contribution is 2.60. The molecule has 0 N–H and O–H groups in total. The lowest BCUT2D eigenvalue weighted by Gasteiger charge is -2.49. The van der Waals surface area contributed by atoms with Crippen molar-refractivity contribution >= 4 is 21.8 Å². The number of rotatable bonds is 4. The fourth-order valence-corrected chi connectivity index (χ4v) is 10.8. The summed E-state index contributed by atoms with van der Waals surface area (Å²) in [6.45, 7) is 15.9. The fraction of sp³-hybridized carbons (Fsp3) is 0.130. The SMILES string of the molecule is Cc1cccc(-n2c3ccccc3c3c4c(ccc32)C(C)(c2ccccc2)c2c(ccc(C)c2-c2ccccc2C)C4(C)c2ccccc2)c1.Cc1ccccc1.Cc1ccccc1.c1ccccc1. The molecule has 2 atom stereocenters. The maximum Gasteiger partial charge on any atom is 0.0544 e. The van der Waals surface area contributed by atoms with Crippen LogP contribution in [0.2, 0.25) is 0 Å². The number of benzene rings is 10. The molecule has 10 aromatic carbocycles. The van der Waals surface area contributed by atoms with Crippen LogP contribution in [0.15, 0.2) is 255 Å². The van der Waals surface area contributed by atoms with Gasteiger partial charge in [-0.3, -0.25) is 0 Å². The van der Waals surface area contributed by atoms with Crippen molar-refractivity contribution in [3.63, 3.8) is 0 Å². The van der Waals surface area contributed by atoms with Gasteiger partial charge in [-0.1, -0.05) is 242 Å². The van der Waals surface area contributed by atoms with E-state index in [0.717, 1.165) is 0 Å². The Labute approximate surface area is 416 Å². The monoisotopic (exact) mass is 905 g/mol. The van der Waals surface area contributed by atoms with E-state index in [2.05, 4.69) is 235 Å². The van der Waals surface area contributed by atoms with Gasteiger partial charge in [0.2, 0.25) is 0 Å². The Hall–Kier alpha value is -8.00. The predicted octanol–water partition coefficient (Wildman–Crippen LogP) is 18.1. The molecule has 2 unspecified atom stereocenters. The van der Waals surface area contributed by atoms with Crippen LogP contribution in [0.5, 0.6) is 0 Å². The van der Waals surface area contributed by atoms with Crippen molar-refractivity contribution in [1.29, 1.82) is 0 Å². The quantitative estimate of drug-likeness (QED) is 0.166. The summed E-state index contributed by atoms with van der Waals surface area (Å²) in [6.07, 6.45) is 0. The van der Waals surface area contributed by atoms with Gasteiger partial charge in [0.05, 0.1) is 11.0 Å². The molecule has 0 bridgehead atoms. The summed E-state index contributed by atoms with van der Waals surface area (Å²) in [6, 6.07) is 91.5.